The molecule has 0 N–H and O–H groups in total. The summed E-state index contributed by atoms with van der Waals surface area (Å²) in [5.74, 6) is 1.75. The van der Waals surface area contributed by atoms with E-state index in [-0.39, 0.29) is 0 Å². The number of rotatable bonds is 6. The lowest BCUT2D eigenvalue weighted by atomic mass is 9.97. The van der Waals surface area contributed by atoms with Gasteiger partial charge in [-0.15, -0.1) is 0 Å². The molecule has 0 bridgehead atoms. The molecule has 73 heavy (non-hydrogen) atoms. The number of hydrogen-bond acceptors (Lipinski definition) is 7. The van der Waals surface area contributed by atoms with Gasteiger partial charge in [0.2, 0.25) is 0 Å². The van der Waals surface area contributed by atoms with Crippen molar-refractivity contribution in [3.8, 4) is 57.0 Å². The van der Waals surface area contributed by atoms with Crippen molar-refractivity contribution in [3.05, 3.63) is 218 Å². The van der Waals surface area contributed by atoms with Gasteiger partial charge in [0, 0.05) is 77.6 Å². The Hall–Kier alpha value is -10.1. The zero-order valence-electron chi connectivity index (χ0n) is 38.7. The summed E-state index contributed by atoms with van der Waals surface area (Å²) in [5, 5.41) is 8.80. The Morgan fingerprint density at radius 1 is 0.288 bits per heavy atom. The highest BCUT2D eigenvalue weighted by molar-refractivity contribution is 6.20. The van der Waals surface area contributed by atoms with E-state index in [1.807, 2.05) is 78.9 Å². The first-order chi connectivity index (χ1) is 36.1. The van der Waals surface area contributed by atoms with Crippen LogP contribution < -0.4 is 0 Å². The van der Waals surface area contributed by atoms with E-state index in [9.17, 15) is 0 Å². The van der Waals surface area contributed by atoms with Crippen LogP contribution >= 0.6 is 0 Å². The van der Waals surface area contributed by atoms with E-state index >= 15 is 0 Å². The molecule has 0 fully saturated rings. The maximum Gasteiger partial charge on any atom is 0.307 e. The number of benzene rings is 10. The predicted octanol–water partition coefficient (Wildman–Crippen LogP) is 16.7. The molecule has 0 amide bonds. The van der Waals surface area contributed by atoms with Crippen LogP contribution in [0.2, 0.25) is 0 Å². The molecule has 6 heterocycles. The number of furan rings is 2. The van der Waals surface area contributed by atoms with Crippen molar-refractivity contribution in [2.24, 2.45) is 0 Å². The van der Waals surface area contributed by atoms with Gasteiger partial charge in [0.1, 0.15) is 27.8 Å². The highest BCUT2D eigenvalue weighted by atomic mass is 16.4. The van der Waals surface area contributed by atoms with Gasteiger partial charge in [-0.3, -0.25) is 4.57 Å². The average molecular weight is 937 g/mol. The van der Waals surface area contributed by atoms with Crippen molar-refractivity contribution in [1.29, 1.82) is 0 Å². The SMILES string of the molecule is c1ccc(-c2nc(-c3ccc(-n4c5ccccc5c5cc6c(cc54)oc4ccccc46)cc3)nc(-c3cccc(-c4cccc5oc6cc7c(cc6c45)c4ccccc4n7-c4nc5ccccc5o4)c3)n2)cc1. The molecule has 9 nitrogen and oxygen atoms in total. The van der Waals surface area contributed by atoms with Gasteiger partial charge >= 0.3 is 6.01 Å². The molecule has 16 rings (SSSR count). The summed E-state index contributed by atoms with van der Waals surface area (Å²) in [6, 6.07) is 75.7. The second kappa shape index (κ2) is 15.2. The molecule has 0 unspecified atom stereocenters. The van der Waals surface area contributed by atoms with Crippen LogP contribution in [0.4, 0.5) is 0 Å². The van der Waals surface area contributed by atoms with Crippen LogP contribution in [-0.4, -0.2) is 29.1 Å². The molecule has 0 aliphatic carbocycles. The molecule has 0 atom stereocenters. The first kappa shape index (κ1) is 39.7. The van der Waals surface area contributed by atoms with Crippen LogP contribution in [-0.2, 0) is 0 Å². The van der Waals surface area contributed by atoms with Gasteiger partial charge in [0.15, 0.2) is 23.1 Å². The minimum Gasteiger partial charge on any atom is -0.456 e. The number of para-hydroxylation sites is 5. The first-order valence-electron chi connectivity index (χ1n) is 24.3. The Bertz CT molecular complexity index is 4890. The van der Waals surface area contributed by atoms with Crippen LogP contribution in [0, 0.1) is 0 Å². The van der Waals surface area contributed by atoms with Gasteiger partial charge in [0.25, 0.3) is 0 Å². The highest BCUT2D eigenvalue weighted by Crippen LogP contribution is 2.43. The summed E-state index contributed by atoms with van der Waals surface area (Å²) in [4.78, 5) is 20.4. The lowest BCUT2D eigenvalue weighted by Gasteiger charge is -2.11. The first-order valence-corrected chi connectivity index (χ1v) is 24.3. The summed E-state index contributed by atoms with van der Waals surface area (Å²) < 4.78 is 23.9. The van der Waals surface area contributed by atoms with Crippen molar-refractivity contribution in [2.45, 2.75) is 0 Å². The molecule has 0 spiro atoms. The summed E-state index contributed by atoms with van der Waals surface area (Å²) in [7, 11) is 0. The largest absolute Gasteiger partial charge is 0.456 e. The smallest absolute Gasteiger partial charge is 0.307 e. The summed E-state index contributed by atoms with van der Waals surface area (Å²) >= 11 is 0. The third-order valence-corrected chi connectivity index (χ3v) is 14.4. The van der Waals surface area contributed by atoms with E-state index in [0.717, 1.165) is 121 Å². The zero-order chi connectivity index (χ0) is 47.7. The van der Waals surface area contributed by atoms with E-state index in [0.29, 0.717) is 23.5 Å². The van der Waals surface area contributed by atoms with Crippen LogP contribution in [0.25, 0.3) is 156 Å². The monoisotopic (exact) mass is 936 g/mol. The Morgan fingerprint density at radius 3 is 1.60 bits per heavy atom. The molecule has 10 aromatic carbocycles. The van der Waals surface area contributed by atoms with Crippen molar-refractivity contribution in [1.82, 2.24) is 29.1 Å². The van der Waals surface area contributed by atoms with Crippen LogP contribution in [0.3, 0.4) is 0 Å². The lowest BCUT2D eigenvalue weighted by Crippen LogP contribution is -2.00. The van der Waals surface area contributed by atoms with Gasteiger partial charge in [-0.25, -0.2) is 15.0 Å². The second-order valence-electron chi connectivity index (χ2n) is 18.6. The Kier molecular flexibility index (Phi) is 8.26. The fourth-order valence-electron chi connectivity index (χ4n) is 11.1. The van der Waals surface area contributed by atoms with E-state index in [2.05, 4.69) is 149 Å². The van der Waals surface area contributed by atoms with Crippen molar-refractivity contribution in [2.75, 3.05) is 0 Å². The van der Waals surface area contributed by atoms with Gasteiger partial charge in [-0.2, -0.15) is 4.98 Å². The maximum absolute atomic E-state index is 6.71. The highest BCUT2D eigenvalue weighted by Gasteiger charge is 2.22. The second-order valence-corrected chi connectivity index (χ2v) is 18.6. The van der Waals surface area contributed by atoms with Gasteiger partial charge < -0.3 is 17.8 Å². The third kappa shape index (κ3) is 6.03. The fraction of sp³-hybridized carbons (Fsp3) is 0. The molecule has 0 aliphatic rings. The number of fused-ring (bicyclic) bond motifs is 13. The molecule has 0 saturated carbocycles. The maximum atomic E-state index is 6.71. The summed E-state index contributed by atoms with van der Waals surface area (Å²) in [6.45, 7) is 0. The van der Waals surface area contributed by atoms with Crippen LogP contribution in [0.15, 0.2) is 232 Å². The number of oxazole rings is 1. The molecule has 0 aliphatic heterocycles. The molecular weight excluding hydrogens is 901 g/mol. The van der Waals surface area contributed by atoms with E-state index < -0.39 is 0 Å². The topological polar surface area (TPSA) is 101 Å². The fourth-order valence-corrected chi connectivity index (χ4v) is 11.1. The Labute approximate surface area is 414 Å². The average Bonchev–Trinajstić information content (AvgIpc) is 4.27. The van der Waals surface area contributed by atoms with Crippen LogP contribution in [0.5, 0.6) is 0 Å². The molecule has 16 aromatic rings. The zero-order valence-corrected chi connectivity index (χ0v) is 38.7. The lowest BCUT2D eigenvalue weighted by molar-refractivity contribution is 0.574. The van der Waals surface area contributed by atoms with Crippen molar-refractivity contribution < 1.29 is 13.3 Å². The minimum absolute atomic E-state index is 0.513. The quantitative estimate of drug-likeness (QED) is 0.164. The summed E-state index contributed by atoms with van der Waals surface area (Å²) in [5.41, 5.74) is 14.7. The molecule has 6 aromatic heterocycles. The molecule has 0 saturated heterocycles. The number of hydrogen-bond donors (Lipinski definition) is 0. The standard InChI is InChI=1S/C64H36N6O3/c1-2-14-37(15-3-1)61-66-62(38-28-30-41(31-29-38)69-51-23-8-4-18-43(51)46-33-48-45-20-6-10-25-55(45)71-58(48)35-53(46)69)68-63(67-61)40-17-12-16-39(32-40)42-21-13-27-57-60(42)49-34-47-44-19-5-9-24-52(44)70(54(47)36-59(49)72-57)64-65-50-22-7-11-26-56(50)73-64/h1-36H. The van der Waals surface area contributed by atoms with E-state index in [1.165, 1.54) is 10.8 Å². The van der Waals surface area contributed by atoms with Gasteiger partial charge in [-0.05, 0) is 90.0 Å². The number of aromatic nitrogens is 6. The van der Waals surface area contributed by atoms with Gasteiger partial charge in [0.05, 0.1) is 22.1 Å². The van der Waals surface area contributed by atoms with E-state index in [1.54, 1.807) is 0 Å². The van der Waals surface area contributed by atoms with E-state index in [4.69, 9.17) is 33.2 Å². The summed E-state index contributed by atoms with van der Waals surface area (Å²) in [6.07, 6.45) is 0. The number of nitrogens with zero attached hydrogens (tertiary/aromatic N) is 6. The van der Waals surface area contributed by atoms with Gasteiger partial charge in [-0.1, -0.05) is 127 Å². The van der Waals surface area contributed by atoms with Crippen molar-refractivity contribution >= 4 is 98.6 Å². The normalized spacial score (nSPS) is 12.1. The third-order valence-electron chi connectivity index (χ3n) is 14.4. The molecule has 9 heteroatoms. The van der Waals surface area contributed by atoms with Crippen LogP contribution in [0.1, 0.15) is 0 Å². The predicted molar refractivity (Wildman–Crippen MR) is 292 cm³/mol. The van der Waals surface area contributed by atoms with Crippen molar-refractivity contribution in [3.63, 3.8) is 0 Å². The molecule has 340 valence electrons. The Balaban J connectivity index is 0.816. The minimum atomic E-state index is 0.513. The molecular formula is C64H36N6O3. The molecule has 0 radical (unpaired) electrons. The Morgan fingerprint density at radius 2 is 0.836 bits per heavy atom.